The lowest BCUT2D eigenvalue weighted by molar-refractivity contribution is 0.282. The third-order valence-electron chi connectivity index (χ3n) is 3.00. The zero-order valence-corrected chi connectivity index (χ0v) is 9.83. The summed E-state index contributed by atoms with van der Waals surface area (Å²) in [6.07, 6.45) is 1.25. The Balaban J connectivity index is 2.19. The van der Waals surface area contributed by atoms with Crippen LogP contribution < -0.4 is 4.90 Å². The minimum Gasteiger partial charge on any atom is -0.392 e. The van der Waals surface area contributed by atoms with Crippen LogP contribution in [-0.4, -0.2) is 29.7 Å². The lowest BCUT2D eigenvalue weighted by atomic mass is 10.1. The first kappa shape index (κ1) is 10.8. The maximum Gasteiger partial charge on any atom is 0.0702 e. The molecule has 1 unspecified atom stereocenters. The summed E-state index contributed by atoms with van der Waals surface area (Å²) in [7, 11) is 2.13. The van der Waals surface area contributed by atoms with Crippen LogP contribution in [-0.2, 0) is 6.61 Å². The van der Waals surface area contributed by atoms with Crippen LogP contribution in [0.3, 0.4) is 0 Å². The summed E-state index contributed by atoms with van der Waals surface area (Å²) in [6.45, 7) is 0.125. The first-order chi connectivity index (χ1) is 7.33. The molecule has 15 heavy (non-hydrogen) atoms. The number of anilines is 1. The fourth-order valence-corrected chi connectivity index (χ4v) is 3.28. The highest BCUT2D eigenvalue weighted by Crippen LogP contribution is 2.28. The second-order valence-corrected chi connectivity index (χ2v) is 5.06. The van der Waals surface area contributed by atoms with Crippen molar-refractivity contribution in [1.82, 2.24) is 0 Å². The number of aliphatic hydroxyl groups excluding tert-OH is 1. The fraction of sp³-hybridized carbons (Fsp3) is 0.500. The second kappa shape index (κ2) is 4.90. The summed E-state index contributed by atoms with van der Waals surface area (Å²) in [6, 6.07) is 8.73. The smallest absolute Gasteiger partial charge is 0.0702 e. The predicted octanol–water partition coefficient (Wildman–Crippen LogP) is 2.12. The summed E-state index contributed by atoms with van der Waals surface area (Å²) in [5.41, 5.74) is 2.20. The number of thioether (sulfide) groups is 1. The molecule has 1 aromatic carbocycles. The molecule has 1 saturated heterocycles. The lowest BCUT2D eigenvalue weighted by Crippen LogP contribution is -2.31. The van der Waals surface area contributed by atoms with E-state index in [1.54, 1.807) is 0 Å². The zero-order valence-electron chi connectivity index (χ0n) is 9.02. The molecular weight excluding hydrogens is 206 g/mol. The Morgan fingerprint density at radius 2 is 2.27 bits per heavy atom. The molecule has 82 valence electrons. The monoisotopic (exact) mass is 223 g/mol. The maximum atomic E-state index is 9.28. The van der Waals surface area contributed by atoms with E-state index in [2.05, 4.69) is 18.0 Å². The van der Waals surface area contributed by atoms with E-state index in [9.17, 15) is 5.11 Å². The summed E-state index contributed by atoms with van der Waals surface area (Å²) >= 11 is 2.01. The van der Waals surface area contributed by atoms with Crippen LogP contribution in [0.25, 0.3) is 0 Å². The summed E-state index contributed by atoms with van der Waals surface area (Å²) < 4.78 is 0. The summed E-state index contributed by atoms with van der Waals surface area (Å²) in [5, 5.41) is 9.28. The van der Waals surface area contributed by atoms with E-state index in [0.29, 0.717) is 6.04 Å². The SMILES string of the molecule is CN(c1ccccc1CO)C1CCSC1. The number of aliphatic hydroxyl groups is 1. The van der Waals surface area contributed by atoms with Crippen molar-refractivity contribution in [3.8, 4) is 0 Å². The molecule has 0 aliphatic carbocycles. The van der Waals surface area contributed by atoms with Gasteiger partial charge in [0.05, 0.1) is 6.61 Å². The van der Waals surface area contributed by atoms with Gasteiger partial charge in [0, 0.05) is 30.1 Å². The molecule has 1 heterocycles. The number of hydrogen-bond donors (Lipinski definition) is 1. The molecule has 0 radical (unpaired) electrons. The Morgan fingerprint density at radius 3 is 2.93 bits per heavy atom. The minimum absolute atomic E-state index is 0.125. The van der Waals surface area contributed by atoms with E-state index in [1.165, 1.54) is 23.6 Å². The van der Waals surface area contributed by atoms with Gasteiger partial charge in [-0.1, -0.05) is 18.2 Å². The van der Waals surface area contributed by atoms with Crippen molar-refractivity contribution in [3.05, 3.63) is 29.8 Å². The minimum atomic E-state index is 0.125. The highest BCUT2D eigenvalue weighted by molar-refractivity contribution is 7.99. The van der Waals surface area contributed by atoms with Gasteiger partial charge in [-0.2, -0.15) is 11.8 Å². The maximum absolute atomic E-state index is 9.28. The van der Waals surface area contributed by atoms with Gasteiger partial charge in [0.15, 0.2) is 0 Å². The van der Waals surface area contributed by atoms with Crippen molar-refractivity contribution in [2.45, 2.75) is 19.1 Å². The molecule has 1 aliphatic rings. The standard InChI is InChI=1S/C12H17NOS/c1-13(11-6-7-15-9-11)12-5-3-2-4-10(12)8-14/h2-5,11,14H,6-9H2,1H3. The fourth-order valence-electron chi connectivity index (χ4n) is 2.01. The third kappa shape index (κ3) is 2.29. The van der Waals surface area contributed by atoms with Gasteiger partial charge in [-0.05, 0) is 18.2 Å². The van der Waals surface area contributed by atoms with Gasteiger partial charge in [-0.3, -0.25) is 0 Å². The highest BCUT2D eigenvalue weighted by Gasteiger charge is 2.21. The Kier molecular flexibility index (Phi) is 3.54. The van der Waals surface area contributed by atoms with Gasteiger partial charge < -0.3 is 10.0 Å². The van der Waals surface area contributed by atoms with Crippen molar-refractivity contribution in [2.75, 3.05) is 23.5 Å². The van der Waals surface area contributed by atoms with Crippen molar-refractivity contribution >= 4 is 17.4 Å². The van der Waals surface area contributed by atoms with E-state index < -0.39 is 0 Å². The molecule has 2 rings (SSSR count). The van der Waals surface area contributed by atoms with Gasteiger partial charge in [0.2, 0.25) is 0 Å². The first-order valence-electron chi connectivity index (χ1n) is 5.32. The molecule has 1 atom stereocenters. The van der Waals surface area contributed by atoms with E-state index in [4.69, 9.17) is 0 Å². The van der Waals surface area contributed by atoms with Crippen molar-refractivity contribution < 1.29 is 5.11 Å². The zero-order chi connectivity index (χ0) is 10.7. The average molecular weight is 223 g/mol. The second-order valence-electron chi connectivity index (χ2n) is 3.92. The molecule has 1 fully saturated rings. The lowest BCUT2D eigenvalue weighted by Gasteiger charge is -2.27. The van der Waals surface area contributed by atoms with Crippen LogP contribution in [0, 0.1) is 0 Å². The third-order valence-corrected chi connectivity index (χ3v) is 4.14. The van der Waals surface area contributed by atoms with Crippen LogP contribution >= 0.6 is 11.8 Å². The average Bonchev–Trinajstić information content (AvgIpc) is 2.81. The van der Waals surface area contributed by atoms with Gasteiger partial charge >= 0.3 is 0 Å². The van der Waals surface area contributed by atoms with E-state index in [-0.39, 0.29) is 6.61 Å². The molecule has 1 aromatic rings. The molecule has 0 bridgehead atoms. The quantitative estimate of drug-likeness (QED) is 0.849. The number of nitrogens with zero attached hydrogens (tertiary/aromatic N) is 1. The Bertz CT molecular complexity index is 323. The molecule has 0 aromatic heterocycles. The Morgan fingerprint density at radius 1 is 1.47 bits per heavy atom. The molecule has 0 saturated carbocycles. The molecule has 0 amide bonds. The van der Waals surface area contributed by atoms with E-state index >= 15 is 0 Å². The molecule has 3 heteroatoms. The molecule has 1 aliphatic heterocycles. The topological polar surface area (TPSA) is 23.5 Å². The van der Waals surface area contributed by atoms with Crippen LogP contribution in [0.4, 0.5) is 5.69 Å². The largest absolute Gasteiger partial charge is 0.392 e. The summed E-state index contributed by atoms with van der Waals surface area (Å²) in [4.78, 5) is 2.31. The van der Waals surface area contributed by atoms with E-state index in [1.807, 2.05) is 30.0 Å². The van der Waals surface area contributed by atoms with Gasteiger partial charge in [0.1, 0.15) is 0 Å². The normalized spacial score (nSPS) is 20.5. The molecule has 2 nitrogen and oxygen atoms in total. The number of rotatable bonds is 3. The van der Waals surface area contributed by atoms with Gasteiger partial charge in [-0.25, -0.2) is 0 Å². The number of benzene rings is 1. The van der Waals surface area contributed by atoms with Crippen LogP contribution in [0.1, 0.15) is 12.0 Å². The van der Waals surface area contributed by atoms with Crippen molar-refractivity contribution in [1.29, 1.82) is 0 Å². The molecule has 1 N–H and O–H groups in total. The predicted molar refractivity (Wildman–Crippen MR) is 66.5 cm³/mol. The van der Waals surface area contributed by atoms with Crippen LogP contribution in [0.2, 0.25) is 0 Å². The molecule has 0 spiro atoms. The van der Waals surface area contributed by atoms with Crippen LogP contribution in [0.15, 0.2) is 24.3 Å². The van der Waals surface area contributed by atoms with Crippen molar-refractivity contribution in [3.63, 3.8) is 0 Å². The van der Waals surface area contributed by atoms with Gasteiger partial charge in [0.25, 0.3) is 0 Å². The number of hydrogen-bond acceptors (Lipinski definition) is 3. The molecular formula is C12H17NOS. The Hall–Kier alpha value is -0.670. The van der Waals surface area contributed by atoms with Crippen molar-refractivity contribution in [2.24, 2.45) is 0 Å². The highest BCUT2D eigenvalue weighted by atomic mass is 32.2. The first-order valence-corrected chi connectivity index (χ1v) is 6.47. The summed E-state index contributed by atoms with van der Waals surface area (Å²) in [5.74, 6) is 2.46. The van der Waals surface area contributed by atoms with E-state index in [0.717, 1.165) is 5.56 Å². The van der Waals surface area contributed by atoms with Crippen LogP contribution in [0.5, 0.6) is 0 Å². The number of para-hydroxylation sites is 1. The Labute approximate surface area is 95.3 Å². The van der Waals surface area contributed by atoms with Gasteiger partial charge in [-0.15, -0.1) is 0 Å².